The number of benzene rings is 2. The Labute approximate surface area is 231 Å². The maximum Gasteiger partial charge on any atom is 0.338 e. The molecule has 0 fully saturated rings. The molecule has 0 spiro atoms. The zero-order valence-corrected chi connectivity index (χ0v) is 22.7. The molecule has 196 valence electrons. The lowest BCUT2D eigenvalue weighted by Gasteiger charge is -2.09. The van der Waals surface area contributed by atoms with Gasteiger partial charge in [-0.25, -0.2) is 14.2 Å². The molecule has 2 amide bonds. The predicted octanol–water partition coefficient (Wildman–Crippen LogP) is 5.70. The number of carbonyl (C=O) groups is 3. The molecule has 0 aliphatic carbocycles. The molecule has 4 rings (SSSR count). The van der Waals surface area contributed by atoms with E-state index < -0.39 is 23.3 Å². The molecular weight excluding hydrogens is 551 g/mol. The lowest BCUT2D eigenvalue weighted by Crippen LogP contribution is -2.25. The third-order valence-electron chi connectivity index (χ3n) is 5.27. The van der Waals surface area contributed by atoms with Crippen molar-refractivity contribution in [3.8, 4) is 0 Å². The molecule has 12 heteroatoms. The quantitative estimate of drug-likeness (QED) is 0.261. The topological polar surface area (TPSA) is 119 Å². The predicted molar refractivity (Wildman–Crippen MR) is 148 cm³/mol. The number of hydrogen-bond acceptors (Lipinski definition) is 7. The highest BCUT2D eigenvalue weighted by atomic mass is 35.5. The van der Waals surface area contributed by atoms with Crippen LogP contribution in [0.15, 0.2) is 53.3 Å². The van der Waals surface area contributed by atoms with Gasteiger partial charge in [-0.2, -0.15) is 0 Å². The van der Waals surface area contributed by atoms with Crippen LogP contribution in [0.2, 0.25) is 10.0 Å². The van der Waals surface area contributed by atoms with Gasteiger partial charge in [0.15, 0.2) is 4.96 Å². The van der Waals surface area contributed by atoms with E-state index in [4.69, 9.17) is 27.9 Å². The van der Waals surface area contributed by atoms with Crippen molar-refractivity contribution in [3.63, 3.8) is 0 Å². The second kappa shape index (κ2) is 11.8. The van der Waals surface area contributed by atoms with E-state index in [2.05, 4.69) is 15.6 Å². The van der Waals surface area contributed by atoms with Crippen molar-refractivity contribution in [2.24, 2.45) is 0 Å². The van der Waals surface area contributed by atoms with Crippen molar-refractivity contribution in [2.75, 3.05) is 17.2 Å². The number of nitrogens with one attached hydrogen (secondary N) is 2. The summed E-state index contributed by atoms with van der Waals surface area (Å²) in [4.78, 5) is 56.4. The molecule has 0 saturated heterocycles. The van der Waals surface area contributed by atoms with Crippen molar-refractivity contribution < 1.29 is 19.1 Å². The number of fused-ring (bicyclic) bond motifs is 1. The lowest BCUT2D eigenvalue weighted by atomic mass is 10.2. The highest BCUT2D eigenvalue weighted by Gasteiger charge is 2.27. The minimum absolute atomic E-state index is 0.0278. The van der Waals surface area contributed by atoms with E-state index in [1.54, 1.807) is 6.92 Å². The van der Waals surface area contributed by atoms with E-state index in [0.717, 1.165) is 22.2 Å². The van der Waals surface area contributed by atoms with Gasteiger partial charge < -0.3 is 15.4 Å². The van der Waals surface area contributed by atoms with Crippen LogP contribution < -0.4 is 16.2 Å². The average molecular weight is 573 g/mol. The molecule has 2 N–H and O–H groups in total. The van der Waals surface area contributed by atoms with E-state index in [0.29, 0.717) is 39.1 Å². The number of ether oxygens (including phenoxy) is 1. The Hall–Kier alpha value is -3.73. The number of nitrogens with zero attached hydrogens (tertiary/aromatic N) is 2. The van der Waals surface area contributed by atoms with Crippen LogP contribution in [-0.4, -0.2) is 33.8 Å². The summed E-state index contributed by atoms with van der Waals surface area (Å²) in [5.74, 6) is -1.84. The Kier molecular flexibility index (Phi) is 8.45. The first-order valence-electron chi connectivity index (χ1n) is 11.6. The van der Waals surface area contributed by atoms with Crippen molar-refractivity contribution in [3.05, 3.63) is 90.8 Å². The zero-order chi connectivity index (χ0) is 27.4. The molecule has 2 aromatic carbocycles. The van der Waals surface area contributed by atoms with Crippen LogP contribution in [0.5, 0.6) is 0 Å². The van der Waals surface area contributed by atoms with E-state index in [9.17, 15) is 19.2 Å². The van der Waals surface area contributed by atoms with Crippen molar-refractivity contribution in [2.45, 2.75) is 26.7 Å². The van der Waals surface area contributed by atoms with Gasteiger partial charge in [0.25, 0.3) is 17.4 Å². The first-order valence-corrected chi connectivity index (χ1v) is 13.2. The average Bonchev–Trinajstić information content (AvgIpc) is 3.25. The Balaban J connectivity index is 1.74. The fourth-order valence-corrected chi connectivity index (χ4v) is 5.24. The first-order chi connectivity index (χ1) is 18.2. The number of aryl methyl sites for hydroxylation is 1. The number of halogens is 2. The number of thiazole rings is 1. The molecule has 2 heterocycles. The first kappa shape index (κ1) is 27.3. The van der Waals surface area contributed by atoms with E-state index >= 15 is 0 Å². The van der Waals surface area contributed by atoms with Gasteiger partial charge in [-0.3, -0.25) is 14.4 Å². The standard InChI is InChI=1S/C26H22Cl2N4O5S/c1-3-5-18-13-20(33)32-21(23(34)29-17-8-6-14(7-9-17)25(36)37-4-2)22(38-26(32)31-18)24(35)30-19-11-15(27)10-16(28)12-19/h6-13H,3-5H2,1-2H3,(H,29,34)(H,30,35). The molecule has 2 aromatic heterocycles. The van der Waals surface area contributed by atoms with Crippen molar-refractivity contribution in [1.82, 2.24) is 9.38 Å². The smallest absolute Gasteiger partial charge is 0.338 e. The summed E-state index contributed by atoms with van der Waals surface area (Å²) >= 11 is 13.0. The van der Waals surface area contributed by atoms with Crippen LogP contribution in [-0.2, 0) is 11.2 Å². The number of amides is 2. The summed E-state index contributed by atoms with van der Waals surface area (Å²) in [5.41, 5.74) is 0.883. The van der Waals surface area contributed by atoms with Gasteiger partial charge in [-0.1, -0.05) is 47.9 Å². The van der Waals surface area contributed by atoms with Crippen molar-refractivity contribution in [1.29, 1.82) is 0 Å². The highest BCUT2D eigenvalue weighted by molar-refractivity contribution is 7.19. The number of hydrogen-bond donors (Lipinski definition) is 2. The van der Waals surface area contributed by atoms with Gasteiger partial charge in [-0.05, 0) is 55.8 Å². The minimum Gasteiger partial charge on any atom is -0.462 e. The molecule has 0 atom stereocenters. The summed E-state index contributed by atoms with van der Waals surface area (Å²) in [6.45, 7) is 3.89. The molecule has 0 unspecified atom stereocenters. The van der Waals surface area contributed by atoms with Gasteiger partial charge >= 0.3 is 5.97 Å². The summed E-state index contributed by atoms with van der Waals surface area (Å²) in [6.07, 6.45) is 1.34. The van der Waals surface area contributed by atoms with Gasteiger partial charge in [0, 0.05) is 33.2 Å². The van der Waals surface area contributed by atoms with E-state index in [1.807, 2.05) is 6.92 Å². The molecule has 0 bridgehead atoms. The summed E-state index contributed by atoms with van der Waals surface area (Å²) < 4.78 is 6.09. The maximum absolute atomic E-state index is 13.5. The van der Waals surface area contributed by atoms with Crippen LogP contribution in [0, 0.1) is 0 Å². The normalized spacial score (nSPS) is 10.8. The molecule has 4 aromatic rings. The Bertz CT molecular complexity index is 1580. The fourth-order valence-electron chi connectivity index (χ4n) is 3.67. The van der Waals surface area contributed by atoms with Crippen LogP contribution in [0.3, 0.4) is 0 Å². The van der Waals surface area contributed by atoms with E-state index in [1.165, 1.54) is 48.5 Å². The molecule has 38 heavy (non-hydrogen) atoms. The Morgan fingerprint density at radius 2 is 1.61 bits per heavy atom. The van der Waals surface area contributed by atoms with Gasteiger partial charge in [-0.15, -0.1) is 0 Å². The number of aromatic nitrogens is 2. The minimum atomic E-state index is -0.707. The largest absolute Gasteiger partial charge is 0.462 e. The second-order valence-electron chi connectivity index (χ2n) is 8.10. The number of carbonyl (C=O) groups excluding carboxylic acids is 3. The summed E-state index contributed by atoms with van der Waals surface area (Å²) in [5, 5.41) is 5.99. The maximum atomic E-state index is 13.5. The van der Waals surface area contributed by atoms with Crippen LogP contribution >= 0.6 is 34.5 Å². The number of anilines is 2. The summed E-state index contributed by atoms with van der Waals surface area (Å²) in [6, 6.07) is 11.9. The monoisotopic (exact) mass is 572 g/mol. The molecular formula is C26H22Cl2N4O5S. The Morgan fingerprint density at radius 3 is 2.24 bits per heavy atom. The molecule has 0 saturated carbocycles. The highest BCUT2D eigenvalue weighted by Crippen LogP contribution is 2.27. The van der Waals surface area contributed by atoms with Crippen LogP contribution in [0.1, 0.15) is 56.5 Å². The molecule has 9 nitrogen and oxygen atoms in total. The lowest BCUT2D eigenvalue weighted by molar-refractivity contribution is 0.0526. The molecule has 0 radical (unpaired) electrons. The second-order valence-corrected chi connectivity index (χ2v) is 9.95. The third-order valence-corrected chi connectivity index (χ3v) is 6.75. The van der Waals surface area contributed by atoms with Crippen molar-refractivity contribution >= 4 is 68.7 Å². The number of esters is 1. The van der Waals surface area contributed by atoms with Gasteiger partial charge in [0.05, 0.1) is 12.2 Å². The summed E-state index contributed by atoms with van der Waals surface area (Å²) in [7, 11) is 0. The SMILES string of the molecule is CCCc1cc(=O)n2c(C(=O)Nc3ccc(C(=O)OCC)cc3)c(C(=O)Nc3cc(Cl)cc(Cl)c3)sc2n1. The Morgan fingerprint density at radius 1 is 0.947 bits per heavy atom. The van der Waals surface area contributed by atoms with Crippen LogP contribution in [0.4, 0.5) is 11.4 Å². The van der Waals surface area contributed by atoms with E-state index in [-0.39, 0.29) is 22.1 Å². The molecule has 0 aliphatic heterocycles. The fraction of sp³-hybridized carbons (Fsp3) is 0.192. The third kappa shape index (κ3) is 6.04. The van der Waals surface area contributed by atoms with Gasteiger partial charge in [0.1, 0.15) is 10.6 Å². The van der Waals surface area contributed by atoms with Crippen LogP contribution in [0.25, 0.3) is 4.96 Å². The molecule has 0 aliphatic rings. The zero-order valence-electron chi connectivity index (χ0n) is 20.3. The van der Waals surface area contributed by atoms with Gasteiger partial charge in [0.2, 0.25) is 0 Å². The number of rotatable bonds is 8.